The van der Waals surface area contributed by atoms with Crippen molar-refractivity contribution in [2.45, 2.75) is 130 Å². The molecule has 302 valence electrons. The Morgan fingerprint density at radius 1 is 0.759 bits per heavy atom. The summed E-state index contributed by atoms with van der Waals surface area (Å²) < 4.78 is 9.58. The number of carbonyl (C=O) groups is 2. The van der Waals surface area contributed by atoms with Crippen molar-refractivity contribution in [3.8, 4) is 5.75 Å². The van der Waals surface area contributed by atoms with E-state index < -0.39 is 10.9 Å². The van der Waals surface area contributed by atoms with Crippen LogP contribution in [0.3, 0.4) is 0 Å². The van der Waals surface area contributed by atoms with Crippen LogP contribution in [0.4, 0.5) is 11.4 Å². The lowest BCUT2D eigenvalue weighted by Crippen LogP contribution is -2.03. The number of ether oxygens (including phenoxy) is 2. The van der Waals surface area contributed by atoms with Crippen LogP contribution in [0.15, 0.2) is 38.2 Å². The Bertz CT molecular complexity index is 1330. The number of benzene rings is 1. The third-order valence-corrected chi connectivity index (χ3v) is 7.38. The molecule has 1 aromatic carbocycles. The molecule has 1 N–H and O–H groups in total. The average Bonchev–Trinajstić information content (AvgIpc) is 3.15. The van der Waals surface area contributed by atoms with Crippen molar-refractivity contribution in [1.82, 2.24) is 0 Å². The normalized spacial score (nSPS) is 9.85. The quantitative estimate of drug-likeness (QED) is 0.0223. The van der Waals surface area contributed by atoms with Crippen LogP contribution in [0.2, 0.25) is 0 Å². The molecule has 1 unspecified atom stereocenters. The number of nitro benzene ring substituents is 1. The lowest BCUT2D eigenvalue weighted by atomic mass is 10.00. The van der Waals surface area contributed by atoms with E-state index in [0.717, 1.165) is 44.6 Å². The number of non-ortho nitro benzene ring substituents is 1. The van der Waals surface area contributed by atoms with Gasteiger partial charge in [-0.05, 0) is 57.4 Å². The van der Waals surface area contributed by atoms with Crippen LogP contribution >= 0.6 is 0 Å². The number of carboxylic acids is 1. The highest BCUT2D eigenvalue weighted by molar-refractivity contribution is 5.69. The highest BCUT2D eigenvalue weighted by Gasteiger charge is 2.10. The van der Waals surface area contributed by atoms with Crippen molar-refractivity contribution in [1.29, 1.82) is 0 Å². The Hall–Kier alpha value is -5.12. The molecule has 0 aliphatic rings. The van der Waals surface area contributed by atoms with Crippen LogP contribution in [0.5, 0.6) is 5.75 Å². The summed E-state index contributed by atoms with van der Waals surface area (Å²) in [6.45, 7) is 8.15. The second-order valence-electron chi connectivity index (χ2n) is 11.9. The van der Waals surface area contributed by atoms with Gasteiger partial charge in [-0.25, -0.2) is 34.2 Å². The molecule has 0 radical (unpaired) electrons. The van der Waals surface area contributed by atoms with Crippen LogP contribution in [-0.4, -0.2) is 79.6 Å². The van der Waals surface area contributed by atoms with Crippen LogP contribution in [0, 0.1) is 16.0 Å². The molecular formula is C38H59N5O11. The van der Waals surface area contributed by atoms with Crippen molar-refractivity contribution in [2.75, 3.05) is 33.4 Å². The molecule has 0 aromatic heterocycles. The zero-order valence-electron chi connectivity index (χ0n) is 32.4. The van der Waals surface area contributed by atoms with Gasteiger partial charge in [0, 0.05) is 25.0 Å². The van der Waals surface area contributed by atoms with E-state index in [2.05, 4.69) is 26.9 Å². The van der Waals surface area contributed by atoms with Gasteiger partial charge in [-0.1, -0.05) is 71.6 Å². The van der Waals surface area contributed by atoms with Crippen LogP contribution in [0.25, 0.3) is 0 Å². The minimum absolute atomic E-state index is 0.0942. The summed E-state index contributed by atoms with van der Waals surface area (Å²) in [4.78, 5) is 83.6. The van der Waals surface area contributed by atoms with E-state index in [1.807, 2.05) is 6.92 Å². The Balaban J connectivity index is -0.000000643. The number of hydrogen-bond donors (Lipinski definition) is 1. The van der Waals surface area contributed by atoms with Gasteiger partial charge >= 0.3 is 11.9 Å². The van der Waals surface area contributed by atoms with E-state index >= 15 is 0 Å². The molecule has 0 saturated carbocycles. The number of methoxy groups -OCH3 is 1. The number of carbonyl (C=O) groups excluding carboxylic acids is 5. The third kappa shape index (κ3) is 39.7. The van der Waals surface area contributed by atoms with Crippen molar-refractivity contribution >= 4 is 47.6 Å². The summed E-state index contributed by atoms with van der Waals surface area (Å²) >= 11 is 0. The van der Waals surface area contributed by atoms with Crippen molar-refractivity contribution in [3.05, 3.63) is 28.3 Å². The van der Waals surface area contributed by atoms with Crippen LogP contribution in [-0.2, 0) is 33.5 Å². The predicted molar refractivity (Wildman–Crippen MR) is 204 cm³/mol. The van der Waals surface area contributed by atoms with Gasteiger partial charge in [-0.2, -0.15) is 4.99 Å². The first-order chi connectivity index (χ1) is 26.1. The molecule has 0 fully saturated rings. The van der Waals surface area contributed by atoms with Gasteiger partial charge in [0.15, 0.2) is 0 Å². The minimum Gasteiger partial charge on any atom is -0.494 e. The molecule has 0 aliphatic heterocycles. The Labute approximate surface area is 318 Å². The highest BCUT2D eigenvalue weighted by Crippen LogP contribution is 2.30. The molecule has 0 amide bonds. The van der Waals surface area contributed by atoms with Crippen molar-refractivity contribution in [2.24, 2.45) is 25.9 Å². The molecule has 0 aliphatic carbocycles. The number of rotatable bonds is 27. The van der Waals surface area contributed by atoms with E-state index in [1.54, 1.807) is 13.0 Å². The number of nitrogens with zero attached hydrogens (tertiary/aromatic N) is 5. The van der Waals surface area contributed by atoms with E-state index in [4.69, 9.17) is 14.6 Å². The van der Waals surface area contributed by atoms with Gasteiger partial charge in [0.25, 0.3) is 5.69 Å². The second kappa shape index (κ2) is 42.3. The number of esters is 1. The standard InChI is InChI=1S/C12H23NO.2C9H15NO3.C8H6N2O4/c1-2-3-4-5-6-7-8-9-10-11-13-12-14;1-8(4-5-9(12)13)3-2-6-10-7-11;1-2-13-9(12)6-4-3-5-7-10-8-11;1-14-8-3-2-6(10(12)13)4-7(8)9-5-11/h2-11H2,1H3;8H,2-6H2,1H3,(H,12,13);2-7H2,1H3;2-4H,1H3. The minimum atomic E-state index is -0.752. The van der Waals surface area contributed by atoms with Crippen molar-refractivity contribution < 1.29 is 48.3 Å². The molecule has 1 aromatic rings. The first kappa shape index (κ1) is 53.2. The fraction of sp³-hybridized carbons (Fsp3) is 0.684. The maximum atomic E-state index is 10.8. The molecule has 1 atom stereocenters. The van der Waals surface area contributed by atoms with E-state index in [-0.39, 0.29) is 23.8 Å². The summed E-state index contributed by atoms with van der Waals surface area (Å²) in [5.41, 5.74) is -0.0588. The van der Waals surface area contributed by atoms with Gasteiger partial charge in [0.05, 0.1) is 38.3 Å². The first-order valence-electron chi connectivity index (χ1n) is 18.5. The molecule has 1 rings (SSSR count). The summed E-state index contributed by atoms with van der Waals surface area (Å²) in [6.07, 6.45) is 23.2. The van der Waals surface area contributed by atoms with Crippen LogP contribution < -0.4 is 4.74 Å². The highest BCUT2D eigenvalue weighted by atomic mass is 16.6. The number of nitro groups is 1. The van der Waals surface area contributed by atoms with Gasteiger partial charge in [-0.15, -0.1) is 0 Å². The molecule has 0 spiro atoms. The lowest BCUT2D eigenvalue weighted by Gasteiger charge is -2.07. The number of unbranched alkanes of at least 4 members (excludes halogenated alkanes) is 10. The van der Waals surface area contributed by atoms with Gasteiger partial charge < -0.3 is 14.6 Å². The fourth-order valence-corrected chi connectivity index (χ4v) is 4.47. The number of aliphatic imine (C=N–C) groups is 4. The van der Waals surface area contributed by atoms with E-state index in [1.165, 1.54) is 88.8 Å². The Morgan fingerprint density at radius 3 is 1.74 bits per heavy atom. The van der Waals surface area contributed by atoms with E-state index in [9.17, 15) is 38.9 Å². The molecule has 16 heteroatoms. The maximum absolute atomic E-state index is 10.8. The van der Waals surface area contributed by atoms with Gasteiger partial charge in [0.2, 0.25) is 24.3 Å². The van der Waals surface area contributed by atoms with Crippen molar-refractivity contribution in [3.63, 3.8) is 0 Å². The van der Waals surface area contributed by atoms with E-state index in [0.29, 0.717) is 50.8 Å². The first-order valence-corrected chi connectivity index (χ1v) is 18.5. The summed E-state index contributed by atoms with van der Waals surface area (Å²) in [5, 5.41) is 18.8. The topological polar surface area (TPSA) is 234 Å². The number of carboxylic acid groups (broad SMARTS) is 1. The third-order valence-electron chi connectivity index (χ3n) is 7.38. The zero-order chi connectivity index (χ0) is 41.1. The summed E-state index contributed by atoms with van der Waals surface area (Å²) in [6, 6.07) is 3.78. The fourth-order valence-electron chi connectivity index (χ4n) is 4.47. The molecule has 16 nitrogen and oxygen atoms in total. The lowest BCUT2D eigenvalue weighted by molar-refractivity contribution is -0.384. The number of aliphatic carboxylic acids is 1. The molecule has 0 heterocycles. The molecule has 54 heavy (non-hydrogen) atoms. The number of isocyanates is 4. The monoisotopic (exact) mass is 761 g/mol. The molecule has 0 bridgehead atoms. The largest absolute Gasteiger partial charge is 0.494 e. The van der Waals surface area contributed by atoms with Gasteiger partial charge in [0.1, 0.15) is 11.4 Å². The summed E-state index contributed by atoms with van der Waals surface area (Å²) in [5.74, 6) is -0.226. The Kier molecular flexibility index (Phi) is 41.7. The summed E-state index contributed by atoms with van der Waals surface area (Å²) in [7, 11) is 1.38. The predicted octanol–water partition coefficient (Wildman–Crippen LogP) is 8.47. The molecular weight excluding hydrogens is 702 g/mol. The van der Waals surface area contributed by atoms with Crippen LogP contribution in [0.1, 0.15) is 130 Å². The SMILES string of the molecule is CC(CCCN=C=O)CCC(=O)O.CCCCCCCCCCCN=C=O.CCOC(=O)CCCCCN=C=O.COc1ccc([N+](=O)[O-])cc1N=C=O. The molecule has 0 saturated heterocycles. The zero-order valence-corrected chi connectivity index (χ0v) is 32.4. The maximum Gasteiger partial charge on any atom is 0.305 e. The average molecular weight is 762 g/mol. The smallest absolute Gasteiger partial charge is 0.305 e. The van der Waals surface area contributed by atoms with Gasteiger partial charge in [-0.3, -0.25) is 19.7 Å². The second-order valence-corrected chi connectivity index (χ2v) is 11.9. The Morgan fingerprint density at radius 2 is 1.28 bits per heavy atom. The number of hydrogen-bond acceptors (Lipinski definition) is 14.